The van der Waals surface area contributed by atoms with Gasteiger partial charge in [-0.1, -0.05) is 42.5 Å². The van der Waals surface area contributed by atoms with Gasteiger partial charge in [0.05, 0.1) is 23.1 Å². The van der Waals surface area contributed by atoms with Gasteiger partial charge in [-0.15, -0.1) is 0 Å². The Kier molecular flexibility index (Phi) is 5.51. The van der Waals surface area contributed by atoms with E-state index in [2.05, 4.69) is 0 Å². The minimum absolute atomic E-state index is 0.0653. The molecule has 156 valence electrons. The molecule has 0 radical (unpaired) electrons. The van der Waals surface area contributed by atoms with Gasteiger partial charge in [-0.05, 0) is 23.8 Å². The Morgan fingerprint density at radius 1 is 1.06 bits per heavy atom. The Hall–Kier alpha value is -3.97. The molecule has 4 rings (SSSR count). The Labute approximate surface area is 179 Å². The zero-order chi connectivity index (χ0) is 22.0. The summed E-state index contributed by atoms with van der Waals surface area (Å²) in [4.78, 5) is 24.5. The highest BCUT2D eigenvalue weighted by Crippen LogP contribution is 2.39. The predicted octanol–water partition coefficient (Wildman–Crippen LogP) is 3.13. The molecule has 7 heteroatoms. The molecule has 31 heavy (non-hydrogen) atoms. The Balaban J connectivity index is 1.61. The number of nitro groups is 1. The molecule has 1 unspecified atom stereocenters. The van der Waals surface area contributed by atoms with Crippen molar-refractivity contribution in [1.82, 2.24) is 0 Å². The van der Waals surface area contributed by atoms with Crippen LogP contribution in [0.3, 0.4) is 0 Å². The maximum Gasteiger partial charge on any atom is 0.270 e. The number of phenols is 1. The van der Waals surface area contributed by atoms with Gasteiger partial charge in [-0.2, -0.15) is 0 Å². The first-order valence-electron chi connectivity index (χ1n) is 9.81. The molecule has 2 N–H and O–H groups in total. The Bertz CT molecular complexity index is 1190. The number of nitro benzene ring substituents is 1. The maximum absolute atomic E-state index is 12.8. The van der Waals surface area contributed by atoms with Crippen molar-refractivity contribution in [2.45, 2.75) is 13.1 Å². The normalized spacial score (nSPS) is 14.9. The minimum atomic E-state index is -0.491. The summed E-state index contributed by atoms with van der Waals surface area (Å²) in [6.07, 6.45) is 1.48. The lowest BCUT2D eigenvalue weighted by atomic mass is 10.0. The number of aromatic hydroxyl groups is 1. The average Bonchev–Trinajstić information content (AvgIpc) is 3.06. The number of benzene rings is 3. The first kappa shape index (κ1) is 20.3. The van der Waals surface area contributed by atoms with Crippen molar-refractivity contribution in [2.24, 2.45) is 0 Å². The molecule has 0 saturated carbocycles. The molecule has 1 aliphatic heterocycles. The van der Waals surface area contributed by atoms with Gasteiger partial charge in [-0.25, -0.2) is 0 Å². The quantitative estimate of drug-likeness (QED) is 0.365. The summed E-state index contributed by atoms with van der Waals surface area (Å²) in [7, 11) is 2.00. The number of nitrogens with one attached hydrogen (secondary N) is 1. The number of non-ortho nitro benzene ring substituents is 1. The van der Waals surface area contributed by atoms with Crippen LogP contribution in [0.25, 0.3) is 6.08 Å². The summed E-state index contributed by atoms with van der Waals surface area (Å²) < 4.78 is 5.85. The largest absolute Gasteiger partial charge is 0.507 e. The van der Waals surface area contributed by atoms with Crippen molar-refractivity contribution >= 4 is 17.5 Å². The van der Waals surface area contributed by atoms with Gasteiger partial charge in [0, 0.05) is 17.7 Å². The van der Waals surface area contributed by atoms with Crippen LogP contribution in [0.1, 0.15) is 27.0 Å². The number of nitrogens with zero attached hydrogens (tertiary/aromatic N) is 1. The number of hydrogen-bond acceptors (Lipinski definition) is 5. The van der Waals surface area contributed by atoms with E-state index in [1.165, 1.54) is 30.3 Å². The van der Waals surface area contributed by atoms with Crippen LogP contribution >= 0.6 is 0 Å². The van der Waals surface area contributed by atoms with E-state index in [-0.39, 0.29) is 23.0 Å². The molecule has 0 saturated heterocycles. The second-order valence-corrected chi connectivity index (χ2v) is 7.53. The van der Waals surface area contributed by atoms with Gasteiger partial charge in [0.25, 0.3) is 5.69 Å². The molecule has 3 aromatic carbocycles. The monoisotopic (exact) mass is 417 g/mol. The summed E-state index contributed by atoms with van der Waals surface area (Å²) in [5.41, 5.74) is 2.51. The fourth-order valence-corrected chi connectivity index (χ4v) is 3.66. The molecule has 0 amide bonds. The van der Waals surface area contributed by atoms with Gasteiger partial charge in [0.15, 0.2) is 11.5 Å². The van der Waals surface area contributed by atoms with Crippen molar-refractivity contribution in [2.75, 3.05) is 7.05 Å². The van der Waals surface area contributed by atoms with E-state index >= 15 is 0 Å². The first-order valence-corrected chi connectivity index (χ1v) is 9.81. The van der Waals surface area contributed by atoms with Crippen LogP contribution in [-0.2, 0) is 13.1 Å². The van der Waals surface area contributed by atoms with Crippen molar-refractivity contribution in [1.29, 1.82) is 0 Å². The number of fused-ring (bicyclic) bond motifs is 1. The number of rotatable bonds is 6. The van der Waals surface area contributed by atoms with Crippen LogP contribution in [0.15, 0.2) is 72.5 Å². The van der Waals surface area contributed by atoms with E-state index in [1.807, 2.05) is 37.4 Å². The van der Waals surface area contributed by atoms with Crippen molar-refractivity contribution < 1.29 is 24.5 Å². The number of carbonyl (C=O) groups is 1. The number of hydrogen-bond donors (Lipinski definition) is 2. The molecule has 7 nitrogen and oxygen atoms in total. The lowest BCUT2D eigenvalue weighted by Crippen LogP contribution is -3.06. The van der Waals surface area contributed by atoms with Crippen LogP contribution in [0.4, 0.5) is 5.69 Å². The summed E-state index contributed by atoms with van der Waals surface area (Å²) >= 11 is 0. The second kappa shape index (κ2) is 8.41. The third-order valence-corrected chi connectivity index (χ3v) is 5.12. The van der Waals surface area contributed by atoms with Gasteiger partial charge in [0.2, 0.25) is 5.78 Å². The van der Waals surface area contributed by atoms with Crippen molar-refractivity contribution in [3.05, 3.63) is 105 Å². The molecular formula is C24H21N2O5+. The molecule has 3 aromatic rings. The van der Waals surface area contributed by atoms with Gasteiger partial charge in [0.1, 0.15) is 18.8 Å². The highest BCUT2D eigenvalue weighted by Gasteiger charge is 2.32. The number of Topliss-reactive ketones (excluding diaryl/α,β-unsaturated/α-hetero) is 1. The predicted molar refractivity (Wildman–Crippen MR) is 115 cm³/mol. The summed E-state index contributed by atoms with van der Waals surface area (Å²) in [5.74, 6) is 0.163. The number of ketones is 1. The van der Waals surface area contributed by atoms with E-state index in [0.717, 1.165) is 17.0 Å². The zero-order valence-corrected chi connectivity index (χ0v) is 16.9. The molecular weight excluding hydrogens is 396 g/mol. The number of ether oxygens (including phenoxy) is 1. The molecule has 0 aromatic heterocycles. The fourth-order valence-electron chi connectivity index (χ4n) is 3.66. The maximum atomic E-state index is 12.8. The first-order chi connectivity index (χ1) is 14.9. The van der Waals surface area contributed by atoms with E-state index in [9.17, 15) is 20.0 Å². The smallest absolute Gasteiger partial charge is 0.270 e. The van der Waals surface area contributed by atoms with Crippen molar-refractivity contribution in [3.8, 4) is 11.5 Å². The lowest BCUT2D eigenvalue weighted by Gasteiger charge is -2.16. The molecule has 1 atom stereocenters. The van der Waals surface area contributed by atoms with Crippen LogP contribution in [0, 0.1) is 10.1 Å². The average molecular weight is 417 g/mol. The summed E-state index contributed by atoms with van der Waals surface area (Å²) in [5, 5.41) is 21.5. The van der Waals surface area contributed by atoms with Crippen LogP contribution in [-0.4, -0.2) is 22.9 Å². The van der Waals surface area contributed by atoms with Gasteiger partial charge >= 0.3 is 0 Å². The van der Waals surface area contributed by atoms with Crippen LogP contribution in [0.5, 0.6) is 11.5 Å². The topological polar surface area (TPSA) is 94.1 Å². The van der Waals surface area contributed by atoms with Gasteiger partial charge in [-0.3, -0.25) is 14.9 Å². The van der Waals surface area contributed by atoms with Crippen LogP contribution < -0.4 is 9.64 Å². The number of allylic oxidation sites excluding steroid dienone is 1. The number of quaternary nitrogens is 1. The van der Waals surface area contributed by atoms with Crippen molar-refractivity contribution in [3.63, 3.8) is 0 Å². The number of phenolic OH excluding ortho intramolecular Hbond substituents is 1. The SMILES string of the molecule is C[NH+](Cc1ccccc1)Cc1c(O)ccc2c1O/C(=C\c1cccc([N+](=O)[O-])c1)C2=O. The van der Waals surface area contributed by atoms with E-state index in [0.29, 0.717) is 29.0 Å². The Morgan fingerprint density at radius 3 is 2.58 bits per heavy atom. The molecule has 1 aliphatic rings. The summed E-state index contributed by atoms with van der Waals surface area (Å²) in [6.45, 7) is 1.20. The van der Waals surface area contributed by atoms with E-state index < -0.39 is 4.92 Å². The van der Waals surface area contributed by atoms with E-state index in [1.54, 1.807) is 12.1 Å². The molecule has 0 spiro atoms. The zero-order valence-electron chi connectivity index (χ0n) is 16.9. The van der Waals surface area contributed by atoms with Gasteiger partial charge < -0.3 is 14.7 Å². The standard InChI is InChI=1S/C24H20N2O5/c1-25(14-16-6-3-2-4-7-16)15-20-21(27)11-10-19-23(28)22(31-24(19)20)13-17-8-5-9-18(12-17)26(29)30/h2-13,27H,14-15H2,1H3/p+1/b22-13-. The third kappa shape index (κ3) is 4.31. The lowest BCUT2D eigenvalue weighted by molar-refractivity contribution is -0.907. The molecule has 0 fully saturated rings. The second-order valence-electron chi connectivity index (χ2n) is 7.53. The molecule has 0 aliphatic carbocycles. The van der Waals surface area contributed by atoms with Crippen LogP contribution in [0.2, 0.25) is 0 Å². The third-order valence-electron chi connectivity index (χ3n) is 5.12. The Morgan fingerprint density at radius 2 is 1.84 bits per heavy atom. The van der Waals surface area contributed by atoms with E-state index in [4.69, 9.17) is 4.74 Å². The highest BCUT2D eigenvalue weighted by molar-refractivity contribution is 6.15. The number of carbonyl (C=O) groups excluding carboxylic acids is 1. The summed E-state index contributed by atoms with van der Waals surface area (Å²) in [6, 6.07) is 19.0. The molecule has 0 bridgehead atoms. The molecule has 1 heterocycles. The highest BCUT2D eigenvalue weighted by atomic mass is 16.6. The minimum Gasteiger partial charge on any atom is -0.507 e. The fraction of sp³-hybridized carbons (Fsp3) is 0.125.